The Kier molecular flexibility index (Phi) is 5.70. The lowest BCUT2D eigenvalue weighted by molar-refractivity contribution is -0.0911. The third kappa shape index (κ3) is 4.08. The van der Waals surface area contributed by atoms with Crippen LogP contribution in [0.15, 0.2) is 41.1 Å². The number of furan rings is 1. The van der Waals surface area contributed by atoms with Crippen molar-refractivity contribution in [2.45, 2.75) is 59.2 Å². The molecule has 2 aromatic rings. The molecule has 2 spiro atoms. The van der Waals surface area contributed by atoms with Crippen LogP contribution in [0.3, 0.4) is 0 Å². The molecule has 0 saturated carbocycles. The van der Waals surface area contributed by atoms with Crippen LogP contribution >= 0.6 is 0 Å². The second-order valence-electron chi connectivity index (χ2n) is 10.7. The summed E-state index contributed by atoms with van der Waals surface area (Å²) in [6.07, 6.45) is 7.88. The molecule has 0 aliphatic carbocycles. The highest BCUT2D eigenvalue weighted by atomic mass is 16.3. The van der Waals surface area contributed by atoms with E-state index in [1.807, 2.05) is 19.3 Å². The Bertz CT molecular complexity index is 873. The Hall–Kier alpha value is -1.69. The first kappa shape index (κ1) is 21.2. The van der Waals surface area contributed by atoms with Gasteiger partial charge in [-0.15, -0.1) is 0 Å². The van der Waals surface area contributed by atoms with E-state index in [2.05, 4.69) is 57.8 Å². The molecule has 3 saturated heterocycles. The van der Waals surface area contributed by atoms with Gasteiger partial charge in [0.1, 0.15) is 11.5 Å². The van der Waals surface area contributed by atoms with E-state index in [0.717, 1.165) is 24.6 Å². The molecule has 0 aromatic carbocycles. The molecule has 168 valence electrons. The minimum Gasteiger partial charge on any atom is -0.465 e. The fraction of sp³-hybridized carbons (Fsp3) is 0.654. The number of likely N-dealkylation sites (tertiary alicyclic amines) is 3. The van der Waals surface area contributed by atoms with E-state index in [4.69, 9.17) is 4.42 Å². The molecule has 3 fully saturated rings. The Morgan fingerprint density at radius 3 is 2.52 bits per heavy atom. The molecule has 5 rings (SSSR count). The average molecular weight is 423 g/mol. The molecule has 31 heavy (non-hydrogen) atoms. The SMILES string of the molecule is Cc1ccc(CN2CCC[C@]3(CC2)CN(Cc2cccnc2)CC32CN(C(C)C)C2)o1. The molecule has 1 atom stereocenters. The van der Waals surface area contributed by atoms with Gasteiger partial charge in [0.25, 0.3) is 0 Å². The zero-order valence-electron chi connectivity index (χ0n) is 19.5. The highest BCUT2D eigenvalue weighted by Crippen LogP contribution is 2.57. The van der Waals surface area contributed by atoms with Crippen LogP contribution in [0, 0.1) is 17.8 Å². The van der Waals surface area contributed by atoms with Gasteiger partial charge in [0, 0.05) is 56.6 Å². The maximum absolute atomic E-state index is 5.88. The smallest absolute Gasteiger partial charge is 0.118 e. The summed E-state index contributed by atoms with van der Waals surface area (Å²) in [6.45, 7) is 16.1. The van der Waals surface area contributed by atoms with Gasteiger partial charge in [-0.05, 0) is 82.3 Å². The zero-order valence-corrected chi connectivity index (χ0v) is 19.5. The summed E-state index contributed by atoms with van der Waals surface area (Å²) in [4.78, 5) is 12.4. The minimum atomic E-state index is 0.439. The molecule has 5 heterocycles. The molecule has 0 radical (unpaired) electrons. The maximum Gasteiger partial charge on any atom is 0.118 e. The molecule has 3 aliphatic rings. The number of aromatic nitrogens is 1. The topological polar surface area (TPSA) is 35.8 Å². The first-order valence-corrected chi connectivity index (χ1v) is 12.1. The quantitative estimate of drug-likeness (QED) is 0.722. The predicted octanol–water partition coefficient (Wildman–Crippen LogP) is 4.18. The molecule has 5 heteroatoms. The second kappa shape index (κ2) is 8.34. The number of hydrogen-bond acceptors (Lipinski definition) is 5. The van der Waals surface area contributed by atoms with Crippen molar-refractivity contribution in [2.24, 2.45) is 10.8 Å². The second-order valence-corrected chi connectivity index (χ2v) is 10.7. The van der Waals surface area contributed by atoms with Crippen molar-refractivity contribution in [2.75, 3.05) is 39.3 Å². The summed E-state index contributed by atoms with van der Waals surface area (Å²) in [5.74, 6) is 2.13. The van der Waals surface area contributed by atoms with Crippen LogP contribution in [0.25, 0.3) is 0 Å². The lowest BCUT2D eigenvalue weighted by Crippen LogP contribution is -2.65. The van der Waals surface area contributed by atoms with Crippen molar-refractivity contribution in [3.05, 3.63) is 53.7 Å². The first-order chi connectivity index (χ1) is 15.0. The Morgan fingerprint density at radius 2 is 1.81 bits per heavy atom. The monoisotopic (exact) mass is 422 g/mol. The van der Waals surface area contributed by atoms with E-state index < -0.39 is 0 Å². The van der Waals surface area contributed by atoms with E-state index in [1.165, 1.54) is 64.1 Å². The van der Waals surface area contributed by atoms with Crippen LogP contribution in [0.4, 0.5) is 0 Å². The van der Waals surface area contributed by atoms with Crippen LogP contribution < -0.4 is 0 Å². The zero-order chi connectivity index (χ0) is 21.5. The molecular formula is C26H38N4O. The minimum absolute atomic E-state index is 0.439. The highest BCUT2D eigenvalue weighted by Gasteiger charge is 2.62. The third-order valence-corrected chi connectivity index (χ3v) is 8.26. The molecule has 5 nitrogen and oxygen atoms in total. The van der Waals surface area contributed by atoms with Gasteiger partial charge in [-0.3, -0.25) is 19.7 Å². The van der Waals surface area contributed by atoms with Gasteiger partial charge in [0.05, 0.1) is 6.54 Å². The summed E-state index contributed by atoms with van der Waals surface area (Å²) in [6, 6.07) is 9.19. The molecule has 3 aliphatic heterocycles. The molecule has 0 bridgehead atoms. The predicted molar refractivity (Wildman–Crippen MR) is 124 cm³/mol. The Balaban J connectivity index is 1.32. The van der Waals surface area contributed by atoms with Gasteiger partial charge in [-0.25, -0.2) is 0 Å². The summed E-state index contributed by atoms with van der Waals surface area (Å²) in [5, 5.41) is 0. The summed E-state index contributed by atoms with van der Waals surface area (Å²) in [7, 11) is 0. The third-order valence-electron chi connectivity index (χ3n) is 8.26. The molecule has 2 aromatic heterocycles. The first-order valence-electron chi connectivity index (χ1n) is 12.1. The molecular weight excluding hydrogens is 384 g/mol. The van der Waals surface area contributed by atoms with E-state index in [9.17, 15) is 0 Å². The molecule has 0 N–H and O–H groups in total. The van der Waals surface area contributed by atoms with Crippen molar-refractivity contribution in [1.29, 1.82) is 0 Å². The normalized spacial score (nSPS) is 27.2. The Labute approximate surface area is 187 Å². The number of aryl methyl sites for hydroxylation is 1. The van der Waals surface area contributed by atoms with Crippen molar-refractivity contribution < 1.29 is 4.42 Å². The highest BCUT2D eigenvalue weighted by molar-refractivity contribution is 5.17. The number of rotatable bonds is 5. The van der Waals surface area contributed by atoms with Crippen molar-refractivity contribution in [3.8, 4) is 0 Å². The largest absolute Gasteiger partial charge is 0.465 e. The number of pyridine rings is 1. The molecule has 0 unspecified atom stereocenters. The summed E-state index contributed by atoms with van der Waals surface area (Å²) >= 11 is 0. The van der Waals surface area contributed by atoms with Crippen LogP contribution in [-0.4, -0.2) is 65.0 Å². The van der Waals surface area contributed by atoms with E-state index in [0.29, 0.717) is 16.9 Å². The van der Waals surface area contributed by atoms with E-state index in [1.54, 1.807) is 0 Å². The van der Waals surface area contributed by atoms with E-state index >= 15 is 0 Å². The lowest BCUT2D eigenvalue weighted by atomic mass is 9.57. The summed E-state index contributed by atoms with van der Waals surface area (Å²) < 4.78 is 5.88. The standard InChI is InChI=1S/C26H38N4O/c1-21(2)30-19-26(20-30)18-29(15-23-6-4-11-27-14-23)17-25(26)9-5-12-28(13-10-25)16-24-8-7-22(3)31-24/h4,6-8,11,14,21H,5,9-10,12-13,15-20H2,1-3H3/t25-/m0/s1. The number of fused-ring (bicyclic) bond motifs is 1. The van der Waals surface area contributed by atoms with E-state index in [-0.39, 0.29) is 0 Å². The van der Waals surface area contributed by atoms with Crippen molar-refractivity contribution in [1.82, 2.24) is 19.7 Å². The van der Waals surface area contributed by atoms with Crippen LogP contribution in [0.5, 0.6) is 0 Å². The van der Waals surface area contributed by atoms with Gasteiger partial charge in [-0.2, -0.15) is 0 Å². The number of nitrogens with zero attached hydrogens (tertiary/aromatic N) is 4. The van der Waals surface area contributed by atoms with Gasteiger partial charge in [-0.1, -0.05) is 6.07 Å². The lowest BCUT2D eigenvalue weighted by Gasteiger charge is -2.58. The maximum atomic E-state index is 5.88. The van der Waals surface area contributed by atoms with Crippen LogP contribution in [-0.2, 0) is 13.1 Å². The summed E-state index contributed by atoms with van der Waals surface area (Å²) in [5.41, 5.74) is 2.24. The average Bonchev–Trinajstić information content (AvgIpc) is 3.19. The van der Waals surface area contributed by atoms with Crippen molar-refractivity contribution in [3.63, 3.8) is 0 Å². The van der Waals surface area contributed by atoms with Crippen LogP contribution in [0.2, 0.25) is 0 Å². The molecule has 0 amide bonds. The van der Waals surface area contributed by atoms with Gasteiger partial charge < -0.3 is 4.42 Å². The van der Waals surface area contributed by atoms with Crippen LogP contribution in [0.1, 0.15) is 50.2 Å². The van der Waals surface area contributed by atoms with Crippen molar-refractivity contribution >= 4 is 0 Å². The Morgan fingerprint density at radius 1 is 0.968 bits per heavy atom. The van der Waals surface area contributed by atoms with Gasteiger partial charge in [0.2, 0.25) is 0 Å². The fourth-order valence-corrected chi connectivity index (χ4v) is 6.53. The van der Waals surface area contributed by atoms with Gasteiger partial charge >= 0.3 is 0 Å². The fourth-order valence-electron chi connectivity index (χ4n) is 6.53. The van der Waals surface area contributed by atoms with Gasteiger partial charge in [0.15, 0.2) is 0 Å². The number of hydrogen-bond donors (Lipinski definition) is 0.